The second-order valence-electron chi connectivity index (χ2n) is 4.93. The van der Waals surface area contributed by atoms with Crippen LogP contribution in [0.25, 0.3) is 0 Å². The highest BCUT2D eigenvalue weighted by Crippen LogP contribution is 2.01. The van der Waals surface area contributed by atoms with Crippen molar-refractivity contribution < 1.29 is 9.59 Å². The van der Waals surface area contributed by atoms with Crippen molar-refractivity contribution >= 4 is 11.8 Å². The van der Waals surface area contributed by atoms with E-state index in [0.29, 0.717) is 32.7 Å². The Morgan fingerprint density at radius 2 is 1.95 bits per heavy atom. The summed E-state index contributed by atoms with van der Waals surface area (Å²) in [7, 11) is 0. The summed E-state index contributed by atoms with van der Waals surface area (Å²) in [4.78, 5) is 27.4. The van der Waals surface area contributed by atoms with Crippen molar-refractivity contribution in [2.24, 2.45) is 0 Å². The number of rotatable bonds is 8. The molecule has 0 aromatic carbocycles. The second-order valence-corrected chi connectivity index (χ2v) is 4.93. The zero-order valence-corrected chi connectivity index (χ0v) is 12.4. The third-order valence-electron chi connectivity index (χ3n) is 3.24. The van der Waals surface area contributed by atoms with E-state index in [0.717, 1.165) is 26.1 Å². The van der Waals surface area contributed by atoms with Gasteiger partial charge in [0.05, 0.1) is 13.1 Å². The smallest absolute Gasteiger partial charge is 0.236 e. The molecule has 0 atom stereocenters. The predicted octanol–water partition coefficient (Wildman–Crippen LogP) is -0.568. The van der Waals surface area contributed by atoms with Gasteiger partial charge in [-0.15, -0.1) is 6.58 Å². The normalized spacial score (nSPS) is 15.9. The van der Waals surface area contributed by atoms with E-state index in [1.54, 1.807) is 6.08 Å². The summed E-state index contributed by atoms with van der Waals surface area (Å²) < 4.78 is 0. The Kier molecular flexibility index (Phi) is 7.91. The number of nitrogens with zero attached hydrogens (tertiary/aromatic N) is 2. The van der Waals surface area contributed by atoms with Gasteiger partial charge in [-0.2, -0.15) is 0 Å². The molecular formula is C14H26N4O2. The quantitative estimate of drug-likeness (QED) is 0.462. The Morgan fingerprint density at radius 3 is 2.55 bits per heavy atom. The summed E-state index contributed by atoms with van der Waals surface area (Å²) in [5.41, 5.74) is 0. The molecule has 20 heavy (non-hydrogen) atoms. The number of hydrogen-bond donors (Lipinski definition) is 2. The number of carbonyl (C=O) groups is 2. The van der Waals surface area contributed by atoms with Crippen molar-refractivity contribution in [3.8, 4) is 0 Å². The zero-order valence-electron chi connectivity index (χ0n) is 12.4. The van der Waals surface area contributed by atoms with Gasteiger partial charge in [-0.25, -0.2) is 0 Å². The van der Waals surface area contributed by atoms with Gasteiger partial charge in [0.2, 0.25) is 11.8 Å². The molecule has 0 aromatic rings. The maximum Gasteiger partial charge on any atom is 0.236 e. The van der Waals surface area contributed by atoms with Crippen molar-refractivity contribution in [1.29, 1.82) is 0 Å². The average Bonchev–Trinajstić information content (AvgIpc) is 2.46. The molecule has 6 nitrogen and oxygen atoms in total. The van der Waals surface area contributed by atoms with E-state index >= 15 is 0 Å². The Morgan fingerprint density at radius 1 is 1.25 bits per heavy atom. The maximum absolute atomic E-state index is 11.9. The van der Waals surface area contributed by atoms with Crippen molar-refractivity contribution in [2.45, 2.75) is 13.3 Å². The Hall–Kier alpha value is -1.40. The first-order valence-electron chi connectivity index (χ1n) is 7.25. The summed E-state index contributed by atoms with van der Waals surface area (Å²) in [5, 5.41) is 5.88. The molecule has 1 aliphatic heterocycles. The van der Waals surface area contributed by atoms with Crippen molar-refractivity contribution in [1.82, 2.24) is 20.4 Å². The lowest BCUT2D eigenvalue weighted by Crippen LogP contribution is -2.52. The molecular weight excluding hydrogens is 256 g/mol. The monoisotopic (exact) mass is 282 g/mol. The van der Waals surface area contributed by atoms with Crippen molar-refractivity contribution in [3.63, 3.8) is 0 Å². The molecule has 2 amide bonds. The first kappa shape index (κ1) is 16.7. The van der Waals surface area contributed by atoms with Gasteiger partial charge in [-0.1, -0.05) is 13.0 Å². The summed E-state index contributed by atoms with van der Waals surface area (Å²) in [6.45, 7) is 10.7. The molecule has 0 spiro atoms. The highest BCUT2D eigenvalue weighted by atomic mass is 16.2. The van der Waals surface area contributed by atoms with Crippen LogP contribution in [-0.2, 0) is 9.59 Å². The summed E-state index contributed by atoms with van der Waals surface area (Å²) in [6.07, 6.45) is 2.69. The molecule has 0 saturated carbocycles. The van der Waals surface area contributed by atoms with Crippen LogP contribution < -0.4 is 10.6 Å². The van der Waals surface area contributed by atoms with Crippen LogP contribution in [0.15, 0.2) is 12.7 Å². The lowest BCUT2D eigenvalue weighted by molar-refractivity contribution is -0.132. The van der Waals surface area contributed by atoms with Crippen molar-refractivity contribution in [2.75, 3.05) is 52.4 Å². The predicted molar refractivity (Wildman–Crippen MR) is 79.4 cm³/mol. The number of nitrogens with one attached hydrogen (secondary N) is 2. The largest absolute Gasteiger partial charge is 0.352 e. The van der Waals surface area contributed by atoms with Crippen LogP contribution >= 0.6 is 0 Å². The van der Waals surface area contributed by atoms with Crippen LogP contribution in [0.1, 0.15) is 13.3 Å². The lowest BCUT2D eigenvalue weighted by atomic mass is 10.3. The van der Waals surface area contributed by atoms with Crippen LogP contribution in [0.2, 0.25) is 0 Å². The molecule has 1 saturated heterocycles. The Balaban J connectivity index is 2.20. The van der Waals surface area contributed by atoms with Gasteiger partial charge >= 0.3 is 0 Å². The number of carbonyl (C=O) groups excluding carboxylic acids is 2. The Bertz CT molecular complexity index is 325. The number of hydrogen-bond acceptors (Lipinski definition) is 4. The number of piperazine rings is 1. The van der Waals surface area contributed by atoms with Crippen LogP contribution in [0.3, 0.4) is 0 Å². The third kappa shape index (κ3) is 6.16. The van der Waals surface area contributed by atoms with E-state index in [1.165, 1.54) is 0 Å². The van der Waals surface area contributed by atoms with Gasteiger partial charge in [0.15, 0.2) is 0 Å². The molecule has 2 N–H and O–H groups in total. The fourth-order valence-corrected chi connectivity index (χ4v) is 2.08. The number of amides is 2. The highest BCUT2D eigenvalue weighted by molar-refractivity contribution is 5.79. The summed E-state index contributed by atoms with van der Waals surface area (Å²) in [6, 6.07) is 0. The van der Waals surface area contributed by atoms with E-state index in [-0.39, 0.29) is 11.8 Å². The standard InChI is InChI=1S/C14H26N4O2/c1-3-5-15-11-14(20)18-9-7-17(8-10-18)12-13(19)16-6-4-2/h4,15H,2-3,5-12H2,1H3,(H,16,19). The molecule has 0 radical (unpaired) electrons. The van der Waals surface area contributed by atoms with Gasteiger partial charge in [-0.3, -0.25) is 14.5 Å². The molecule has 0 aromatic heterocycles. The molecule has 0 bridgehead atoms. The van der Waals surface area contributed by atoms with E-state index in [1.807, 2.05) is 4.90 Å². The van der Waals surface area contributed by atoms with Gasteiger partial charge in [-0.05, 0) is 13.0 Å². The molecule has 6 heteroatoms. The van der Waals surface area contributed by atoms with Gasteiger partial charge in [0.25, 0.3) is 0 Å². The van der Waals surface area contributed by atoms with E-state index < -0.39 is 0 Å². The fourth-order valence-electron chi connectivity index (χ4n) is 2.08. The van der Waals surface area contributed by atoms with E-state index in [9.17, 15) is 9.59 Å². The molecule has 1 aliphatic rings. The van der Waals surface area contributed by atoms with E-state index in [2.05, 4.69) is 29.0 Å². The molecule has 0 aliphatic carbocycles. The highest BCUT2D eigenvalue weighted by Gasteiger charge is 2.21. The molecule has 1 fully saturated rings. The van der Waals surface area contributed by atoms with Gasteiger partial charge in [0.1, 0.15) is 0 Å². The van der Waals surface area contributed by atoms with Crippen LogP contribution in [-0.4, -0.2) is 74.0 Å². The van der Waals surface area contributed by atoms with Crippen molar-refractivity contribution in [3.05, 3.63) is 12.7 Å². The lowest BCUT2D eigenvalue weighted by Gasteiger charge is -2.34. The molecule has 1 rings (SSSR count). The first-order chi connectivity index (χ1) is 9.67. The first-order valence-corrected chi connectivity index (χ1v) is 7.25. The second kappa shape index (κ2) is 9.50. The zero-order chi connectivity index (χ0) is 14.8. The molecule has 114 valence electrons. The maximum atomic E-state index is 11.9. The average molecular weight is 282 g/mol. The van der Waals surface area contributed by atoms with Crippen LogP contribution in [0.4, 0.5) is 0 Å². The summed E-state index contributed by atoms with van der Waals surface area (Å²) >= 11 is 0. The fraction of sp³-hybridized carbons (Fsp3) is 0.714. The van der Waals surface area contributed by atoms with Gasteiger partial charge < -0.3 is 15.5 Å². The van der Waals surface area contributed by atoms with Crippen LogP contribution in [0, 0.1) is 0 Å². The summed E-state index contributed by atoms with van der Waals surface area (Å²) in [5.74, 6) is 0.156. The minimum atomic E-state index is 0.00860. The topological polar surface area (TPSA) is 64.7 Å². The van der Waals surface area contributed by atoms with Crippen LogP contribution in [0.5, 0.6) is 0 Å². The SMILES string of the molecule is C=CCNC(=O)CN1CCN(C(=O)CNCCC)CC1. The van der Waals surface area contributed by atoms with E-state index in [4.69, 9.17) is 0 Å². The minimum Gasteiger partial charge on any atom is -0.352 e. The van der Waals surface area contributed by atoms with Gasteiger partial charge in [0, 0.05) is 32.7 Å². The Labute approximate surface area is 121 Å². The minimum absolute atomic E-state index is 0.00860. The third-order valence-corrected chi connectivity index (χ3v) is 3.24. The molecule has 1 heterocycles. The molecule has 0 unspecified atom stereocenters.